The number of hydrogen-bond acceptors (Lipinski definition) is 2. The molecule has 0 saturated heterocycles. The summed E-state index contributed by atoms with van der Waals surface area (Å²) in [5.74, 6) is 3.46. The molecular formula is C60H59BN4. The molecule has 0 N–H and O–H groups in total. The zero-order valence-corrected chi connectivity index (χ0v) is 39.3. The Balaban J connectivity index is 1.04. The van der Waals surface area contributed by atoms with Gasteiger partial charge in [-0.3, -0.25) is 9.13 Å². The van der Waals surface area contributed by atoms with Gasteiger partial charge in [0.25, 0.3) is 0 Å². The minimum atomic E-state index is 0.388. The van der Waals surface area contributed by atoms with Crippen molar-refractivity contribution in [3.8, 4) is 78.7 Å². The smallest absolute Gasteiger partial charge is 0.144 e. The van der Waals surface area contributed by atoms with Crippen LogP contribution in [-0.2, 0) is 0 Å². The van der Waals surface area contributed by atoms with E-state index in [-0.39, 0.29) is 0 Å². The molecule has 0 unspecified atom stereocenters. The van der Waals surface area contributed by atoms with Gasteiger partial charge in [0.2, 0.25) is 0 Å². The van der Waals surface area contributed by atoms with Gasteiger partial charge in [0.15, 0.2) is 0 Å². The summed E-state index contributed by atoms with van der Waals surface area (Å²) in [6.45, 7) is 18.2. The maximum absolute atomic E-state index is 4.91. The lowest BCUT2D eigenvalue weighted by Gasteiger charge is -2.22. The van der Waals surface area contributed by atoms with Gasteiger partial charge >= 0.3 is 0 Å². The average Bonchev–Trinajstić information content (AvgIpc) is 4.02. The molecule has 4 nitrogen and oxygen atoms in total. The summed E-state index contributed by atoms with van der Waals surface area (Å²) in [5.41, 5.74) is 20.8. The fourth-order valence-electron chi connectivity index (χ4n) is 9.64. The number of benzene rings is 7. The highest BCUT2D eigenvalue weighted by Gasteiger charge is 2.21. The molecule has 65 heavy (non-hydrogen) atoms. The van der Waals surface area contributed by atoms with E-state index in [1.54, 1.807) is 0 Å². The van der Waals surface area contributed by atoms with Gasteiger partial charge in [-0.2, -0.15) is 0 Å². The normalized spacial score (nSPS) is 11.7. The molecule has 0 spiro atoms. The first-order valence-corrected chi connectivity index (χ1v) is 23.3. The fourth-order valence-corrected chi connectivity index (χ4v) is 9.64. The lowest BCUT2D eigenvalue weighted by molar-refractivity contribution is 0.806. The summed E-state index contributed by atoms with van der Waals surface area (Å²) in [6, 6.07) is 55.9. The van der Waals surface area contributed by atoms with Gasteiger partial charge in [0.05, 0.1) is 11.4 Å². The minimum absolute atomic E-state index is 0.388. The first kappa shape index (κ1) is 43.3. The molecule has 0 fully saturated rings. The van der Waals surface area contributed by atoms with Gasteiger partial charge in [-0.05, 0) is 96.5 Å². The minimum Gasteiger partial charge on any atom is -0.299 e. The predicted octanol–water partition coefficient (Wildman–Crippen LogP) is 14.8. The van der Waals surface area contributed by atoms with Crippen LogP contribution in [0.3, 0.4) is 0 Å². The Hall–Kier alpha value is -6.98. The molecule has 0 aliphatic carbocycles. The van der Waals surface area contributed by atoms with E-state index in [9.17, 15) is 0 Å². The van der Waals surface area contributed by atoms with Crippen LogP contribution in [0.25, 0.3) is 78.7 Å². The number of nitrogens with zero attached hydrogens (tertiary/aromatic N) is 4. The van der Waals surface area contributed by atoms with Crippen molar-refractivity contribution in [2.75, 3.05) is 0 Å². The fraction of sp³-hybridized carbons (Fsp3) is 0.200. The van der Waals surface area contributed by atoms with Crippen molar-refractivity contribution in [2.24, 2.45) is 0 Å². The third-order valence-electron chi connectivity index (χ3n) is 12.9. The average molecular weight is 847 g/mol. The molecule has 0 saturated carbocycles. The Morgan fingerprint density at radius 1 is 0.354 bits per heavy atom. The number of hydrogen-bond donors (Lipinski definition) is 0. The first-order valence-electron chi connectivity index (χ1n) is 23.3. The van der Waals surface area contributed by atoms with Crippen molar-refractivity contribution in [3.63, 3.8) is 0 Å². The van der Waals surface area contributed by atoms with E-state index in [0.29, 0.717) is 23.7 Å². The SMILES string of the molecule is Bc1cc(-c2ccccc2-c2ccc(-c3nccn3-c3c(C(C)C)cccc3C(C)C)cc2)cc(-c2ccccc2-c2ccc(-c3nccn3-c3c(C(C)C)cccc3C(C)C)cc2)c1. The van der Waals surface area contributed by atoms with Crippen LogP contribution < -0.4 is 5.46 Å². The van der Waals surface area contributed by atoms with Crippen LogP contribution in [0.4, 0.5) is 0 Å². The second kappa shape index (κ2) is 18.3. The largest absolute Gasteiger partial charge is 0.299 e. The second-order valence-electron chi connectivity index (χ2n) is 18.8. The molecular weight excluding hydrogens is 787 g/mol. The van der Waals surface area contributed by atoms with E-state index < -0.39 is 0 Å². The van der Waals surface area contributed by atoms with Crippen molar-refractivity contribution in [3.05, 3.63) is 199 Å². The van der Waals surface area contributed by atoms with Gasteiger partial charge in [-0.15, -0.1) is 0 Å². The molecule has 7 aromatic carbocycles. The first-order chi connectivity index (χ1) is 31.5. The lowest BCUT2D eigenvalue weighted by atomic mass is 9.84. The molecule has 322 valence electrons. The molecule has 0 bridgehead atoms. The van der Waals surface area contributed by atoms with Crippen LogP contribution in [0.1, 0.15) is 101 Å². The van der Waals surface area contributed by atoms with Crippen LogP contribution in [0.2, 0.25) is 0 Å². The van der Waals surface area contributed by atoms with Crippen LogP contribution in [0.5, 0.6) is 0 Å². The highest BCUT2D eigenvalue weighted by atomic mass is 15.1. The van der Waals surface area contributed by atoms with Crippen LogP contribution in [0.15, 0.2) is 176 Å². The van der Waals surface area contributed by atoms with Gasteiger partial charge in [0.1, 0.15) is 19.5 Å². The van der Waals surface area contributed by atoms with E-state index in [0.717, 1.165) is 22.8 Å². The molecule has 0 amide bonds. The molecule has 0 atom stereocenters. The van der Waals surface area contributed by atoms with Crippen LogP contribution in [-0.4, -0.2) is 26.9 Å². The molecule has 9 aromatic rings. The van der Waals surface area contributed by atoms with E-state index in [1.807, 2.05) is 12.4 Å². The van der Waals surface area contributed by atoms with Gasteiger partial charge < -0.3 is 0 Å². The molecule has 2 heterocycles. The Morgan fingerprint density at radius 3 is 0.985 bits per heavy atom. The van der Waals surface area contributed by atoms with Crippen molar-refractivity contribution >= 4 is 13.3 Å². The second-order valence-corrected chi connectivity index (χ2v) is 18.8. The third kappa shape index (κ3) is 8.44. The third-order valence-corrected chi connectivity index (χ3v) is 12.9. The van der Waals surface area contributed by atoms with Crippen LogP contribution in [0, 0.1) is 0 Å². The summed E-state index contributed by atoms with van der Waals surface area (Å²) in [7, 11) is 2.20. The summed E-state index contributed by atoms with van der Waals surface area (Å²) < 4.78 is 4.58. The lowest BCUT2D eigenvalue weighted by Crippen LogP contribution is -2.07. The quantitative estimate of drug-likeness (QED) is 0.115. The Kier molecular flexibility index (Phi) is 12.2. The van der Waals surface area contributed by atoms with Crippen molar-refractivity contribution in [2.45, 2.75) is 79.1 Å². The van der Waals surface area contributed by atoms with E-state index >= 15 is 0 Å². The van der Waals surface area contributed by atoms with Crippen molar-refractivity contribution < 1.29 is 0 Å². The molecule has 5 heteroatoms. The molecule has 2 aromatic heterocycles. The maximum atomic E-state index is 4.91. The zero-order chi connectivity index (χ0) is 45.4. The Labute approximate surface area is 387 Å². The van der Waals surface area contributed by atoms with Crippen molar-refractivity contribution in [1.29, 1.82) is 0 Å². The van der Waals surface area contributed by atoms with Gasteiger partial charge in [0, 0.05) is 35.9 Å². The number of rotatable bonds is 12. The van der Waals surface area contributed by atoms with Gasteiger partial charge in [-0.1, -0.05) is 206 Å². The number of imidazole rings is 2. The highest BCUT2D eigenvalue weighted by molar-refractivity contribution is 6.33. The Morgan fingerprint density at radius 2 is 0.662 bits per heavy atom. The van der Waals surface area contributed by atoms with Gasteiger partial charge in [-0.25, -0.2) is 9.97 Å². The van der Waals surface area contributed by atoms with E-state index in [2.05, 4.69) is 236 Å². The number of para-hydroxylation sites is 2. The highest BCUT2D eigenvalue weighted by Crippen LogP contribution is 2.40. The van der Waals surface area contributed by atoms with Crippen LogP contribution >= 0.6 is 0 Å². The molecule has 0 aliphatic rings. The topological polar surface area (TPSA) is 35.6 Å². The molecule has 0 radical (unpaired) electrons. The number of aromatic nitrogens is 4. The summed E-state index contributed by atoms with van der Waals surface area (Å²) >= 11 is 0. The predicted molar refractivity (Wildman–Crippen MR) is 278 cm³/mol. The summed E-state index contributed by atoms with van der Waals surface area (Å²) in [6.07, 6.45) is 8.08. The monoisotopic (exact) mass is 846 g/mol. The Bertz CT molecular complexity index is 2850. The van der Waals surface area contributed by atoms with E-state index in [4.69, 9.17) is 9.97 Å². The standard InChI is InChI=1S/C60H59BN4/c1-38(2)49-19-13-20-50(39(3)4)57(49)64-33-31-62-59(64)44-27-23-42(24-28-44)53-15-9-11-17-55(53)46-35-47(37-48(61)36-46)56-18-12-10-16-54(56)43-25-29-45(30-26-43)60-63-32-34-65(60)58-51(40(5)6)21-14-22-52(58)41(7)8/h9-41H,61H2,1-8H3. The zero-order valence-electron chi connectivity index (χ0n) is 39.3. The molecule has 0 aliphatic heterocycles. The van der Waals surface area contributed by atoms with Crippen molar-refractivity contribution in [1.82, 2.24) is 19.1 Å². The van der Waals surface area contributed by atoms with E-state index in [1.165, 1.54) is 83.6 Å². The maximum Gasteiger partial charge on any atom is 0.144 e. The summed E-state index contributed by atoms with van der Waals surface area (Å²) in [5, 5.41) is 0. The molecule has 9 rings (SSSR count). The summed E-state index contributed by atoms with van der Waals surface area (Å²) in [4.78, 5) is 9.83.